The molecule has 0 fully saturated rings. The molecule has 0 aliphatic carbocycles. The second-order valence-electron chi connectivity index (χ2n) is 12.2. The van der Waals surface area contributed by atoms with Crippen LogP contribution >= 0.6 is 0 Å². The van der Waals surface area contributed by atoms with Crippen LogP contribution in [0.4, 0.5) is 10.1 Å². The Kier molecular flexibility index (Phi) is 10.4. The first-order chi connectivity index (χ1) is 21.3. The predicted molar refractivity (Wildman–Crippen MR) is 176 cm³/mol. The van der Waals surface area contributed by atoms with E-state index in [1.165, 1.54) is 35.2 Å². The lowest BCUT2D eigenvalue weighted by Crippen LogP contribution is -2.56. The second kappa shape index (κ2) is 14.1. The molecule has 0 heterocycles. The molecule has 2 amide bonds. The Morgan fingerprint density at radius 1 is 0.822 bits per heavy atom. The molecule has 1 atom stereocenters. The summed E-state index contributed by atoms with van der Waals surface area (Å²) in [5.74, 6) is -1.83. The third kappa shape index (κ3) is 8.57. The highest BCUT2D eigenvalue weighted by Gasteiger charge is 2.36. The molecule has 0 aliphatic heterocycles. The SMILES string of the molecule is Cc1ccc(S(=O)(=O)N(CC(=O)N(Cc2ccccc2C)[C@@H](Cc2ccccc2)C(=O)NC(C)(C)C)c2ccccc2F)cc1. The molecule has 45 heavy (non-hydrogen) atoms. The van der Waals surface area contributed by atoms with Crippen LogP contribution in [0.2, 0.25) is 0 Å². The fourth-order valence-corrected chi connectivity index (χ4v) is 6.40. The average molecular weight is 630 g/mol. The number of nitrogens with zero attached hydrogens (tertiary/aromatic N) is 2. The summed E-state index contributed by atoms with van der Waals surface area (Å²) in [7, 11) is -4.39. The van der Waals surface area contributed by atoms with Gasteiger partial charge in [-0.1, -0.05) is 84.4 Å². The summed E-state index contributed by atoms with van der Waals surface area (Å²) in [6.07, 6.45) is 0.185. The minimum absolute atomic E-state index is 0.0380. The van der Waals surface area contributed by atoms with Gasteiger partial charge in [0.25, 0.3) is 10.0 Å². The Bertz CT molecular complexity index is 1740. The molecular formula is C36H40FN3O4S. The third-order valence-electron chi connectivity index (χ3n) is 7.38. The standard InChI is InChI=1S/C36H40FN3O4S/c1-26-19-21-30(22-20-26)45(43,44)40(32-18-12-11-17-31(32)37)25-34(41)39(24-29-16-10-9-13-27(29)2)33(35(42)38-36(3,4)5)23-28-14-7-6-8-15-28/h6-22,33H,23-25H2,1-5H3,(H,38,42)/t33-/m0/s1. The van der Waals surface area contributed by atoms with E-state index < -0.39 is 39.9 Å². The number of carbonyl (C=O) groups excluding carboxylic acids is 2. The van der Waals surface area contributed by atoms with Crippen molar-refractivity contribution < 1.29 is 22.4 Å². The third-order valence-corrected chi connectivity index (χ3v) is 9.15. The number of hydrogen-bond donors (Lipinski definition) is 1. The number of nitrogens with one attached hydrogen (secondary N) is 1. The van der Waals surface area contributed by atoms with E-state index in [2.05, 4.69) is 5.32 Å². The summed E-state index contributed by atoms with van der Waals surface area (Å²) in [6.45, 7) is 8.61. The number of hydrogen-bond acceptors (Lipinski definition) is 4. The van der Waals surface area contributed by atoms with Gasteiger partial charge in [-0.2, -0.15) is 0 Å². The van der Waals surface area contributed by atoms with Crippen LogP contribution < -0.4 is 9.62 Å². The van der Waals surface area contributed by atoms with Crippen molar-refractivity contribution in [3.8, 4) is 0 Å². The van der Waals surface area contributed by atoms with Gasteiger partial charge < -0.3 is 10.2 Å². The normalized spacial score (nSPS) is 12.3. The zero-order chi connectivity index (χ0) is 32.8. The molecule has 0 aliphatic rings. The number of carbonyl (C=O) groups is 2. The van der Waals surface area contributed by atoms with E-state index in [4.69, 9.17) is 0 Å². The number of halogens is 1. The van der Waals surface area contributed by atoms with Gasteiger partial charge in [0.15, 0.2) is 0 Å². The fraction of sp³-hybridized carbons (Fsp3) is 0.278. The minimum Gasteiger partial charge on any atom is -0.350 e. The first kappa shape index (κ1) is 33.4. The van der Waals surface area contributed by atoms with Crippen LogP contribution in [0.3, 0.4) is 0 Å². The number of anilines is 1. The van der Waals surface area contributed by atoms with Gasteiger partial charge in [0.2, 0.25) is 11.8 Å². The topological polar surface area (TPSA) is 86.8 Å². The first-order valence-electron chi connectivity index (χ1n) is 14.8. The lowest BCUT2D eigenvalue weighted by molar-refractivity contribution is -0.140. The summed E-state index contributed by atoms with van der Waals surface area (Å²) < 4.78 is 44.2. The molecule has 9 heteroatoms. The first-order valence-corrected chi connectivity index (χ1v) is 16.2. The molecule has 0 bridgehead atoms. The molecule has 4 aromatic carbocycles. The Labute approximate surface area is 265 Å². The van der Waals surface area contributed by atoms with E-state index in [1.54, 1.807) is 12.1 Å². The van der Waals surface area contributed by atoms with Crippen molar-refractivity contribution in [1.82, 2.24) is 10.2 Å². The number of sulfonamides is 1. The van der Waals surface area contributed by atoms with E-state index in [1.807, 2.05) is 89.2 Å². The molecule has 1 N–H and O–H groups in total. The molecule has 7 nitrogen and oxygen atoms in total. The summed E-state index contributed by atoms with van der Waals surface area (Å²) >= 11 is 0. The van der Waals surface area contributed by atoms with Crippen LogP contribution in [-0.4, -0.2) is 43.3 Å². The minimum atomic E-state index is -4.39. The van der Waals surface area contributed by atoms with E-state index in [-0.39, 0.29) is 29.5 Å². The van der Waals surface area contributed by atoms with E-state index in [0.29, 0.717) is 0 Å². The largest absolute Gasteiger partial charge is 0.350 e. The van der Waals surface area contributed by atoms with E-state index >= 15 is 4.39 Å². The molecule has 4 rings (SSSR count). The number of benzene rings is 4. The predicted octanol–water partition coefficient (Wildman–Crippen LogP) is 6.19. The highest BCUT2D eigenvalue weighted by molar-refractivity contribution is 7.92. The van der Waals surface area contributed by atoms with Gasteiger partial charge >= 0.3 is 0 Å². The van der Waals surface area contributed by atoms with Crippen molar-refractivity contribution in [3.05, 3.63) is 131 Å². The molecular weight excluding hydrogens is 589 g/mol. The van der Waals surface area contributed by atoms with Gasteiger partial charge in [-0.05, 0) is 75.6 Å². The van der Waals surface area contributed by atoms with Gasteiger partial charge in [0, 0.05) is 18.5 Å². The van der Waals surface area contributed by atoms with Crippen LogP contribution in [0.15, 0.2) is 108 Å². The molecule has 0 saturated heterocycles. The maximum absolute atomic E-state index is 15.3. The van der Waals surface area contributed by atoms with Crippen LogP contribution in [0, 0.1) is 19.7 Å². The van der Waals surface area contributed by atoms with Crippen molar-refractivity contribution in [1.29, 1.82) is 0 Å². The van der Waals surface area contributed by atoms with Gasteiger partial charge in [0.1, 0.15) is 18.4 Å². The second-order valence-corrected chi connectivity index (χ2v) is 14.0. The number of amides is 2. The van der Waals surface area contributed by atoms with E-state index in [0.717, 1.165) is 32.6 Å². The zero-order valence-corrected chi connectivity index (χ0v) is 27.1. The Morgan fingerprint density at radius 3 is 2.04 bits per heavy atom. The summed E-state index contributed by atoms with van der Waals surface area (Å²) in [6, 6.07) is 27.4. The fourth-order valence-electron chi connectivity index (χ4n) is 4.98. The highest BCUT2D eigenvalue weighted by Crippen LogP contribution is 2.28. The Morgan fingerprint density at radius 2 is 1.42 bits per heavy atom. The molecule has 4 aromatic rings. The van der Waals surface area contributed by atoms with Crippen LogP contribution in [0.1, 0.15) is 43.0 Å². The quantitative estimate of drug-likeness (QED) is 0.214. The lowest BCUT2D eigenvalue weighted by atomic mass is 10.00. The van der Waals surface area contributed by atoms with Crippen LogP contribution in [-0.2, 0) is 32.6 Å². The average Bonchev–Trinajstić information content (AvgIpc) is 2.98. The number of para-hydroxylation sites is 1. The summed E-state index contributed by atoms with van der Waals surface area (Å²) in [5, 5.41) is 3.01. The van der Waals surface area contributed by atoms with Gasteiger partial charge in [-0.15, -0.1) is 0 Å². The van der Waals surface area contributed by atoms with Crippen LogP contribution in [0.25, 0.3) is 0 Å². The van der Waals surface area contributed by atoms with Crippen molar-refractivity contribution in [2.75, 3.05) is 10.8 Å². The van der Waals surface area contributed by atoms with Gasteiger partial charge in [-0.25, -0.2) is 12.8 Å². The molecule has 0 saturated carbocycles. The van der Waals surface area contributed by atoms with E-state index in [9.17, 15) is 18.0 Å². The van der Waals surface area contributed by atoms with Gasteiger partial charge in [-0.3, -0.25) is 13.9 Å². The smallest absolute Gasteiger partial charge is 0.264 e. The van der Waals surface area contributed by atoms with Crippen molar-refractivity contribution >= 4 is 27.5 Å². The Hall–Kier alpha value is -4.50. The molecule has 0 radical (unpaired) electrons. The number of aryl methyl sites for hydroxylation is 2. The van der Waals surface area contributed by atoms with Crippen LogP contribution in [0.5, 0.6) is 0 Å². The maximum Gasteiger partial charge on any atom is 0.264 e. The van der Waals surface area contributed by atoms with Crippen molar-refractivity contribution in [2.24, 2.45) is 0 Å². The highest BCUT2D eigenvalue weighted by atomic mass is 32.2. The zero-order valence-electron chi connectivity index (χ0n) is 26.3. The maximum atomic E-state index is 15.3. The molecule has 0 spiro atoms. The lowest BCUT2D eigenvalue weighted by Gasteiger charge is -2.35. The van der Waals surface area contributed by atoms with Gasteiger partial charge in [0.05, 0.1) is 10.6 Å². The summed E-state index contributed by atoms with van der Waals surface area (Å²) in [5.41, 5.74) is 2.51. The Balaban J connectivity index is 1.84. The molecule has 236 valence electrons. The molecule has 0 aromatic heterocycles. The molecule has 0 unspecified atom stereocenters. The number of rotatable bonds is 11. The van der Waals surface area contributed by atoms with Crippen molar-refractivity contribution in [2.45, 2.75) is 64.1 Å². The summed E-state index contributed by atoms with van der Waals surface area (Å²) in [4.78, 5) is 29.8. The monoisotopic (exact) mass is 629 g/mol. The van der Waals surface area contributed by atoms with Crippen molar-refractivity contribution in [3.63, 3.8) is 0 Å².